The minimum Gasteiger partial charge on any atom is -0.336 e. The summed E-state index contributed by atoms with van der Waals surface area (Å²) in [6.45, 7) is 1.08. The molecule has 2 rings (SSSR count). The van der Waals surface area contributed by atoms with Gasteiger partial charge in [0.2, 0.25) is 0 Å². The van der Waals surface area contributed by atoms with Gasteiger partial charge in [-0.2, -0.15) is 0 Å². The third-order valence-electron chi connectivity index (χ3n) is 2.85. The molecule has 0 spiro atoms. The molecule has 1 saturated heterocycles. The fraction of sp³-hybridized carbons (Fsp3) is 0.667. The highest BCUT2D eigenvalue weighted by Gasteiger charge is 2.31. The Morgan fingerprint density at radius 1 is 1.54 bits per heavy atom. The second-order valence-electron chi connectivity index (χ2n) is 3.81. The lowest BCUT2D eigenvalue weighted by molar-refractivity contribution is 0.293. The number of nitrogens with zero attached hydrogens (tertiary/aromatic N) is 3. The molecule has 2 unspecified atom stereocenters. The van der Waals surface area contributed by atoms with Gasteiger partial charge in [0.05, 0.1) is 18.1 Å². The van der Waals surface area contributed by atoms with Crippen LogP contribution in [0.4, 0.5) is 0 Å². The number of nitrogens with two attached hydrogens (primary N) is 1. The van der Waals surface area contributed by atoms with Gasteiger partial charge in [0.25, 0.3) is 0 Å². The Labute approximate surface area is 78.4 Å². The van der Waals surface area contributed by atoms with Crippen molar-refractivity contribution in [1.29, 1.82) is 0 Å². The van der Waals surface area contributed by atoms with Crippen molar-refractivity contribution < 1.29 is 0 Å². The van der Waals surface area contributed by atoms with Crippen LogP contribution in [0.25, 0.3) is 0 Å². The molecule has 0 amide bonds. The summed E-state index contributed by atoms with van der Waals surface area (Å²) in [5, 5.41) is 0. The summed E-state index contributed by atoms with van der Waals surface area (Å²) >= 11 is 0. The van der Waals surface area contributed by atoms with E-state index in [0.717, 1.165) is 13.0 Å². The lowest BCUT2D eigenvalue weighted by Gasteiger charge is -2.22. The van der Waals surface area contributed by atoms with Gasteiger partial charge in [-0.05, 0) is 13.5 Å². The van der Waals surface area contributed by atoms with Crippen LogP contribution < -0.4 is 5.73 Å². The van der Waals surface area contributed by atoms with Crippen LogP contribution in [0.2, 0.25) is 0 Å². The van der Waals surface area contributed by atoms with Gasteiger partial charge < -0.3 is 10.3 Å². The zero-order valence-corrected chi connectivity index (χ0v) is 8.14. The number of likely N-dealkylation sites (N-methyl/N-ethyl adjacent to an activating group) is 1. The van der Waals surface area contributed by atoms with Crippen LogP contribution in [0.5, 0.6) is 0 Å². The van der Waals surface area contributed by atoms with E-state index < -0.39 is 0 Å². The van der Waals surface area contributed by atoms with E-state index in [2.05, 4.69) is 16.9 Å². The molecule has 4 heteroatoms. The van der Waals surface area contributed by atoms with Crippen LogP contribution in [0.1, 0.15) is 18.2 Å². The Balaban J connectivity index is 2.29. The first-order valence-corrected chi connectivity index (χ1v) is 4.62. The highest BCUT2D eigenvalue weighted by Crippen LogP contribution is 2.28. The minimum absolute atomic E-state index is 0.250. The van der Waals surface area contributed by atoms with Crippen molar-refractivity contribution in [2.75, 3.05) is 13.6 Å². The number of imidazole rings is 1. The van der Waals surface area contributed by atoms with E-state index in [4.69, 9.17) is 5.73 Å². The molecule has 0 saturated carbocycles. The Morgan fingerprint density at radius 2 is 2.31 bits per heavy atom. The Hall–Kier alpha value is -0.870. The van der Waals surface area contributed by atoms with E-state index in [1.54, 1.807) is 0 Å². The highest BCUT2D eigenvalue weighted by molar-refractivity contribution is 5.10. The first kappa shape index (κ1) is 8.72. The Kier molecular flexibility index (Phi) is 2.09. The third-order valence-corrected chi connectivity index (χ3v) is 2.85. The van der Waals surface area contributed by atoms with Crippen LogP contribution in [0.15, 0.2) is 12.5 Å². The van der Waals surface area contributed by atoms with E-state index in [9.17, 15) is 0 Å². The SMILES string of the molecule is CN1CCC(N)C1c1cncn1C. The predicted molar refractivity (Wildman–Crippen MR) is 51.2 cm³/mol. The maximum atomic E-state index is 6.05. The lowest BCUT2D eigenvalue weighted by atomic mass is 10.1. The fourth-order valence-corrected chi connectivity index (χ4v) is 2.07. The number of aryl methyl sites for hydroxylation is 1. The zero-order valence-electron chi connectivity index (χ0n) is 8.14. The number of aromatic nitrogens is 2. The standard InChI is InChI=1S/C9H16N4/c1-12-4-3-7(10)9(12)8-5-11-6-13(8)2/h5-7,9H,3-4,10H2,1-2H3. The van der Waals surface area contributed by atoms with Crippen molar-refractivity contribution in [3.8, 4) is 0 Å². The molecule has 0 radical (unpaired) electrons. The maximum Gasteiger partial charge on any atom is 0.0946 e. The molecule has 1 aromatic rings. The topological polar surface area (TPSA) is 47.1 Å². The van der Waals surface area contributed by atoms with Gasteiger partial charge in [-0.25, -0.2) is 4.98 Å². The van der Waals surface area contributed by atoms with Gasteiger partial charge in [-0.1, -0.05) is 0 Å². The monoisotopic (exact) mass is 180 g/mol. The molecular formula is C9H16N4. The summed E-state index contributed by atoms with van der Waals surface area (Å²) in [6.07, 6.45) is 4.81. The van der Waals surface area contributed by atoms with Crippen LogP contribution in [-0.2, 0) is 7.05 Å². The summed E-state index contributed by atoms with van der Waals surface area (Å²) in [4.78, 5) is 6.41. The fourth-order valence-electron chi connectivity index (χ4n) is 2.07. The van der Waals surface area contributed by atoms with Crippen molar-refractivity contribution >= 4 is 0 Å². The van der Waals surface area contributed by atoms with Gasteiger partial charge in [0, 0.05) is 25.8 Å². The van der Waals surface area contributed by atoms with E-state index in [-0.39, 0.29) is 6.04 Å². The van der Waals surface area contributed by atoms with E-state index in [1.807, 2.05) is 24.1 Å². The molecule has 0 aliphatic carbocycles. The molecule has 2 heterocycles. The van der Waals surface area contributed by atoms with Gasteiger partial charge >= 0.3 is 0 Å². The average Bonchev–Trinajstić information content (AvgIpc) is 2.60. The largest absolute Gasteiger partial charge is 0.336 e. The van der Waals surface area contributed by atoms with Crippen molar-refractivity contribution in [2.24, 2.45) is 12.8 Å². The van der Waals surface area contributed by atoms with Gasteiger partial charge in [-0.3, -0.25) is 4.90 Å². The molecule has 2 N–H and O–H groups in total. The molecule has 72 valence electrons. The average molecular weight is 180 g/mol. The van der Waals surface area contributed by atoms with Crippen LogP contribution >= 0.6 is 0 Å². The molecule has 13 heavy (non-hydrogen) atoms. The van der Waals surface area contributed by atoms with Crippen LogP contribution in [0.3, 0.4) is 0 Å². The summed E-state index contributed by atoms with van der Waals surface area (Å²) in [6, 6.07) is 0.591. The molecule has 1 aliphatic heterocycles. The Morgan fingerprint density at radius 3 is 2.77 bits per heavy atom. The molecule has 0 aromatic carbocycles. The van der Waals surface area contributed by atoms with Crippen molar-refractivity contribution in [2.45, 2.75) is 18.5 Å². The van der Waals surface area contributed by atoms with Crippen LogP contribution in [-0.4, -0.2) is 34.1 Å². The van der Waals surface area contributed by atoms with Gasteiger partial charge in [-0.15, -0.1) is 0 Å². The maximum absolute atomic E-state index is 6.05. The molecular weight excluding hydrogens is 164 g/mol. The Bertz CT molecular complexity index is 284. The zero-order chi connectivity index (χ0) is 9.42. The molecule has 2 atom stereocenters. The second kappa shape index (κ2) is 3.12. The van der Waals surface area contributed by atoms with Crippen molar-refractivity contribution in [3.05, 3.63) is 18.2 Å². The highest BCUT2D eigenvalue weighted by atomic mass is 15.2. The van der Waals surface area contributed by atoms with Crippen LogP contribution in [0, 0.1) is 0 Å². The normalized spacial score (nSPS) is 29.8. The predicted octanol–water partition coefficient (Wildman–Crippen LogP) is 0.124. The number of hydrogen-bond acceptors (Lipinski definition) is 3. The first-order valence-electron chi connectivity index (χ1n) is 4.62. The molecule has 1 fully saturated rings. The third kappa shape index (κ3) is 1.36. The van der Waals surface area contributed by atoms with Crippen molar-refractivity contribution in [1.82, 2.24) is 14.5 Å². The number of likely N-dealkylation sites (tertiary alicyclic amines) is 1. The molecule has 4 nitrogen and oxygen atoms in total. The minimum atomic E-state index is 0.250. The first-order chi connectivity index (χ1) is 6.20. The summed E-state index contributed by atoms with van der Waals surface area (Å²) in [5.41, 5.74) is 7.26. The molecule has 1 aliphatic rings. The van der Waals surface area contributed by atoms with Crippen molar-refractivity contribution in [3.63, 3.8) is 0 Å². The second-order valence-corrected chi connectivity index (χ2v) is 3.81. The smallest absolute Gasteiger partial charge is 0.0946 e. The number of rotatable bonds is 1. The lowest BCUT2D eigenvalue weighted by Crippen LogP contribution is -2.30. The van der Waals surface area contributed by atoms with E-state index in [0.29, 0.717) is 6.04 Å². The summed E-state index contributed by atoms with van der Waals surface area (Å²) in [7, 11) is 4.13. The van der Waals surface area contributed by atoms with E-state index >= 15 is 0 Å². The summed E-state index contributed by atoms with van der Waals surface area (Å²) < 4.78 is 2.05. The molecule has 1 aromatic heterocycles. The van der Waals surface area contributed by atoms with Gasteiger partial charge in [0.15, 0.2) is 0 Å². The van der Waals surface area contributed by atoms with Gasteiger partial charge in [0.1, 0.15) is 0 Å². The quantitative estimate of drug-likeness (QED) is 0.668. The number of hydrogen-bond donors (Lipinski definition) is 1. The molecule has 0 bridgehead atoms. The summed E-state index contributed by atoms with van der Waals surface area (Å²) in [5.74, 6) is 0. The van der Waals surface area contributed by atoms with E-state index in [1.165, 1.54) is 5.69 Å².